The molecular formula is C22H22N4O3S2. The number of hydrogen-bond donors (Lipinski definition) is 0. The first kappa shape index (κ1) is 20.3. The van der Waals surface area contributed by atoms with Crippen molar-refractivity contribution >= 4 is 27.3 Å². The summed E-state index contributed by atoms with van der Waals surface area (Å²) in [5.41, 5.74) is 1.59. The Kier molecular flexibility index (Phi) is 4.91. The lowest BCUT2D eigenvalue weighted by Crippen LogP contribution is -2.46. The molecule has 9 heteroatoms. The summed E-state index contributed by atoms with van der Waals surface area (Å²) in [4.78, 5) is 23.7. The van der Waals surface area contributed by atoms with Crippen molar-refractivity contribution in [3.05, 3.63) is 76.0 Å². The highest BCUT2D eigenvalue weighted by Gasteiger charge is 2.57. The van der Waals surface area contributed by atoms with Gasteiger partial charge in [-0.2, -0.15) is 4.31 Å². The standard InChI is InChI=1S/C22H22N4O3S2/c1-16-24-18(14-30-16)13-26-22(19-6-2-3-7-20(19)31(26,28)29)8-10-25(15-22)21(27)11-17-5-4-9-23-12-17/h2-7,9,12,14H,8,10-11,13,15H2,1H3/t22-/m0/s1. The Morgan fingerprint density at radius 2 is 2.06 bits per heavy atom. The first-order valence-electron chi connectivity index (χ1n) is 10.1. The quantitative estimate of drug-likeness (QED) is 0.605. The van der Waals surface area contributed by atoms with E-state index in [4.69, 9.17) is 0 Å². The lowest BCUT2D eigenvalue weighted by Gasteiger charge is -2.33. The highest BCUT2D eigenvalue weighted by Crippen LogP contribution is 2.50. The molecule has 0 unspecified atom stereocenters. The van der Waals surface area contributed by atoms with Crippen molar-refractivity contribution in [3.63, 3.8) is 0 Å². The third-order valence-corrected chi connectivity index (χ3v) is 8.88. The van der Waals surface area contributed by atoms with E-state index in [-0.39, 0.29) is 18.9 Å². The molecule has 2 aliphatic rings. The highest BCUT2D eigenvalue weighted by molar-refractivity contribution is 7.89. The minimum Gasteiger partial charge on any atom is -0.340 e. The van der Waals surface area contributed by atoms with Gasteiger partial charge in [0.2, 0.25) is 15.9 Å². The van der Waals surface area contributed by atoms with E-state index in [9.17, 15) is 13.2 Å². The summed E-state index contributed by atoms with van der Waals surface area (Å²) in [5.74, 6) is -0.0175. The number of sulfonamides is 1. The minimum atomic E-state index is -3.69. The molecule has 0 bridgehead atoms. The van der Waals surface area contributed by atoms with Crippen molar-refractivity contribution in [2.24, 2.45) is 0 Å². The summed E-state index contributed by atoms with van der Waals surface area (Å²) in [6, 6.07) is 10.9. The third-order valence-electron chi connectivity index (χ3n) is 6.08. The van der Waals surface area contributed by atoms with Crippen molar-refractivity contribution in [2.45, 2.75) is 36.7 Å². The van der Waals surface area contributed by atoms with Crippen LogP contribution in [-0.4, -0.2) is 46.6 Å². The lowest BCUT2D eigenvalue weighted by molar-refractivity contribution is -0.129. The topological polar surface area (TPSA) is 83.5 Å². The predicted molar refractivity (Wildman–Crippen MR) is 117 cm³/mol. The van der Waals surface area contributed by atoms with E-state index in [0.29, 0.717) is 24.4 Å². The van der Waals surface area contributed by atoms with Crippen LogP contribution in [0.5, 0.6) is 0 Å². The van der Waals surface area contributed by atoms with E-state index in [1.165, 1.54) is 11.3 Å². The Morgan fingerprint density at radius 1 is 1.23 bits per heavy atom. The fourth-order valence-corrected chi connectivity index (χ4v) is 7.28. The van der Waals surface area contributed by atoms with E-state index in [0.717, 1.165) is 21.8 Å². The molecule has 1 fully saturated rings. The fraction of sp³-hybridized carbons (Fsp3) is 0.318. The smallest absolute Gasteiger partial charge is 0.244 e. The maximum Gasteiger partial charge on any atom is 0.244 e. The van der Waals surface area contributed by atoms with Gasteiger partial charge in [-0.1, -0.05) is 24.3 Å². The van der Waals surface area contributed by atoms with Crippen molar-refractivity contribution in [1.82, 2.24) is 19.2 Å². The number of pyridine rings is 1. The number of rotatable bonds is 4. The van der Waals surface area contributed by atoms with E-state index >= 15 is 0 Å². The average molecular weight is 455 g/mol. The molecule has 1 spiro atoms. The Balaban J connectivity index is 1.49. The van der Waals surface area contributed by atoms with Gasteiger partial charge in [0.15, 0.2) is 0 Å². The summed E-state index contributed by atoms with van der Waals surface area (Å²) in [7, 11) is -3.69. The van der Waals surface area contributed by atoms with Crippen molar-refractivity contribution < 1.29 is 13.2 Å². The van der Waals surface area contributed by atoms with Crippen LogP contribution in [0.2, 0.25) is 0 Å². The van der Waals surface area contributed by atoms with Gasteiger partial charge in [0, 0.05) is 30.9 Å². The van der Waals surface area contributed by atoms with Gasteiger partial charge in [0.05, 0.1) is 34.1 Å². The molecular weight excluding hydrogens is 432 g/mol. The number of carbonyl (C=O) groups is 1. The Bertz CT molecular complexity index is 1240. The van der Waals surface area contributed by atoms with Gasteiger partial charge < -0.3 is 4.90 Å². The molecule has 3 aromatic rings. The number of aromatic nitrogens is 2. The van der Waals surface area contributed by atoms with Gasteiger partial charge >= 0.3 is 0 Å². The summed E-state index contributed by atoms with van der Waals surface area (Å²) in [6.07, 6.45) is 4.18. The second-order valence-electron chi connectivity index (χ2n) is 8.00. The summed E-state index contributed by atoms with van der Waals surface area (Å²) >= 11 is 1.51. The molecule has 0 radical (unpaired) electrons. The molecule has 0 aliphatic carbocycles. The maximum absolute atomic E-state index is 13.5. The molecule has 1 aromatic carbocycles. The molecule has 31 heavy (non-hydrogen) atoms. The fourth-order valence-electron chi connectivity index (χ4n) is 4.64. The maximum atomic E-state index is 13.5. The normalized spacial score (nSPS) is 22.2. The van der Waals surface area contributed by atoms with Crippen LogP contribution in [0, 0.1) is 6.92 Å². The summed E-state index contributed by atoms with van der Waals surface area (Å²) in [6.45, 7) is 2.96. The van der Waals surface area contributed by atoms with Gasteiger partial charge in [-0.25, -0.2) is 13.4 Å². The molecule has 5 rings (SSSR count). The van der Waals surface area contributed by atoms with Gasteiger partial charge in [-0.05, 0) is 36.6 Å². The number of benzene rings is 1. The van der Waals surface area contributed by atoms with Crippen LogP contribution >= 0.6 is 11.3 Å². The molecule has 2 aliphatic heterocycles. The molecule has 7 nitrogen and oxygen atoms in total. The Hall–Kier alpha value is -2.62. The number of hydrogen-bond acceptors (Lipinski definition) is 6. The van der Waals surface area contributed by atoms with E-state index < -0.39 is 15.6 Å². The summed E-state index contributed by atoms with van der Waals surface area (Å²) < 4.78 is 28.6. The second kappa shape index (κ2) is 7.51. The highest BCUT2D eigenvalue weighted by atomic mass is 32.2. The van der Waals surface area contributed by atoms with E-state index in [1.54, 1.807) is 33.7 Å². The molecule has 0 N–H and O–H groups in total. The summed E-state index contributed by atoms with van der Waals surface area (Å²) in [5, 5.41) is 2.81. The molecule has 160 valence electrons. The van der Waals surface area contributed by atoms with Crippen molar-refractivity contribution in [2.75, 3.05) is 13.1 Å². The van der Waals surface area contributed by atoms with Crippen LogP contribution < -0.4 is 0 Å². The number of thiazole rings is 1. The average Bonchev–Trinajstić information content (AvgIpc) is 3.43. The van der Waals surface area contributed by atoms with Gasteiger partial charge in [0.25, 0.3) is 0 Å². The Labute approximate surface area is 185 Å². The van der Waals surface area contributed by atoms with Crippen LogP contribution in [0.3, 0.4) is 0 Å². The minimum absolute atomic E-state index is 0.0175. The van der Waals surface area contributed by atoms with Crippen LogP contribution in [-0.2, 0) is 33.3 Å². The van der Waals surface area contributed by atoms with Crippen LogP contribution in [0.15, 0.2) is 59.1 Å². The monoisotopic (exact) mass is 454 g/mol. The molecule has 0 saturated carbocycles. The second-order valence-corrected chi connectivity index (χ2v) is 10.9. The largest absolute Gasteiger partial charge is 0.340 e. The van der Waals surface area contributed by atoms with Gasteiger partial charge in [-0.3, -0.25) is 9.78 Å². The number of fused-ring (bicyclic) bond motifs is 2. The lowest BCUT2D eigenvalue weighted by atomic mass is 9.89. The van der Waals surface area contributed by atoms with Gasteiger partial charge in [0.1, 0.15) is 0 Å². The van der Waals surface area contributed by atoms with E-state index in [2.05, 4.69) is 9.97 Å². The van der Waals surface area contributed by atoms with Crippen LogP contribution in [0.1, 0.15) is 28.2 Å². The molecule has 4 heterocycles. The first-order chi connectivity index (χ1) is 14.9. The zero-order valence-electron chi connectivity index (χ0n) is 17.1. The van der Waals surface area contributed by atoms with Crippen molar-refractivity contribution in [1.29, 1.82) is 0 Å². The third kappa shape index (κ3) is 3.37. The van der Waals surface area contributed by atoms with Gasteiger partial charge in [-0.15, -0.1) is 11.3 Å². The zero-order chi connectivity index (χ0) is 21.6. The first-order valence-corrected chi connectivity index (χ1v) is 12.4. The zero-order valence-corrected chi connectivity index (χ0v) is 18.7. The number of carbonyl (C=O) groups excluding carboxylic acids is 1. The number of likely N-dealkylation sites (tertiary alicyclic amines) is 1. The Morgan fingerprint density at radius 3 is 2.81 bits per heavy atom. The molecule has 2 aromatic heterocycles. The molecule has 1 atom stereocenters. The number of amides is 1. The number of aryl methyl sites for hydroxylation is 1. The SMILES string of the molecule is Cc1nc(CN2[C@]3(CCN(C(=O)Cc4cccnc4)C3)c3ccccc3S2(=O)=O)cs1. The van der Waals surface area contributed by atoms with Crippen LogP contribution in [0.4, 0.5) is 0 Å². The number of nitrogens with zero attached hydrogens (tertiary/aromatic N) is 4. The predicted octanol–water partition coefficient (Wildman–Crippen LogP) is 2.72. The van der Waals surface area contributed by atoms with E-state index in [1.807, 2.05) is 36.6 Å². The van der Waals surface area contributed by atoms with Crippen LogP contribution in [0.25, 0.3) is 0 Å². The van der Waals surface area contributed by atoms with Crippen molar-refractivity contribution in [3.8, 4) is 0 Å². The molecule has 1 saturated heterocycles. The molecule has 1 amide bonds.